The second kappa shape index (κ2) is 7.14. The standard InChI is InChI=1S/C13H18F3N3O/c1-9(4-3-7-17)18-12(20)19-11-6-2-5-10(8-11)13(14,15)16/h2,5-6,8-9H,3-4,7,17H2,1H3,(H2,18,19,20). The minimum atomic E-state index is -4.43. The summed E-state index contributed by atoms with van der Waals surface area (Å²) in [5.41, 5.74) is 4.65. The number of rotatable bonds is 5. The van der Waals surface area contributed by atoms with Gasteiger partial charge in [-0.3, -0.25) is 0 Å². The molecule has 0 aliphatic heterocycles. The summed E-state index contributed by atoms with van der Waals surface area (Å²) in [6.45, 7) is 2.34. The molecule has 1 atom stereocenters. The van der Waals surface area contributed by atoms with Crippen LogP contribution < -0.4 is 16.4 Å². The van der Waals surface area contributed by atoms with E-state index in [4.69, 9.17) is 5.73 Å². The Hall–Kier alpha value is -1.76. The van der Waals surface area contributed by atoms with Crippen LogP contribution in [0.3, 0.4) is 0 Å². The number of urea groups is 1. The molecule has 112 valence electrons. The molecular formula is C13H18F3N3O. The molecule has 0 aromatic heterocycles. The van der Waals surface area contributed by atoms with Gasteiger partial charge in [0.2, 0.25) is 0 Å². The number of anilines is 1. The third kappa shape index (κ3) is 5.48. The SMILES string of the molecule is CC(CCCN)NC(=O)Nc1cccc(C(F)(F)F)c1. The van der Waals surface area contributed by atoms with Crippen molar-refractivity contribution < 1.29 is 18.0 Å². The summed E-state index contributed by atoms with van der Waals surface area (Å²) >= 11 is 0. The van der Waals surface area contributed by atoms with Gasteiger partial charge in [0.1, 0.15) is 0 Å². The highest BCUT2D eigenvalue weighted by atomic mass is 19.4. The largest absolute Gasteiger partial charge is 0.416 e. The van der Waals surface area contributed by atoms with Gasteiger partial charge in [0.15, 0.2) is 0 Å². The second-order valence-corrected chi connectivity index (χ2v) is 4.51. The molecular weight excluding hydrogens is 271 g/mol. The van der Waals surface area contributed by atoms with Crippen LogP contribution in [0.5, 0.6) is 0 Å². The van der Waals surface area contributed by atoms with Gasteiger partial charge in [0, 0.05) is 11.7 Å². The third-order valence-corrected chi connectivity index (χ3v) is 2.67. The smallest absolute Gasteiger partial charge is 0.335 e. The normalized spacial score (nSPS) is 12.8. The van der Waals surface area contributed by atoms with Gasteiger partial charge in [-0.2, -0.15) is 13.2 Å². The van der Waals surface area contributed by atoms with Crippen LogP contribution in [0.1, 0.15) is 25.3 Å². The maximum atomic E-state index is 12.5. The lowest BCUT2D eigenvalue weighted by Gasteiger charge is -2.15. The summed E-state index contributed by atoms with van der Waals surface area (Å²) in [4.78, 5) is 11.6. The molecule has 1 aromatic rings. The van der Waals surface area contributed by atoms with Crippen LogP contribution in [-0.2, 0) is 6.18 Å². The van der Waals surface area contributed by atoms with E-state index in [9.17, 15) is 18.0 Å². The predicted octanol–water partition coefficient (Wildman–Crippen LogP) is 2.95. The molecule has 1 unspecified atom stereocenters. The zero-order chi connectivity index (χ0) is 15.2. The Labute approximate surface area is 115 Å². The summed E-state index contributed by atoms with van der Waals surface area (Å²) in [7, 11) is 0. The Kier molecular flexibility index (Phi) is 5.82. The van der Waals surface area contributed by atoms with Gasteiger partial charge in [0.25, 0.3) is 0 Å². The second-order valence-electron chi connectivity index (χ2n) is 4.51. The fraction of sp³-hybridized carbons (Fsp3) is 0.462. The topological polar surface area (TPSA) is 67.1 Å². The summed E-state index contributed by atoms with van der Waals surface area (Å²) in [5.74, 6) is 0. The van der Waals surface area contributed by atoms with Crippen LogP contribution in [-0.4, -0.2) is 18.6 Å². The maximum Gasteiger partial charge on any atom is 0.416 e. The number of nitrogens with one attached hydrogen (secondary N) is 2. The molecule has 0 bridgehead atoms. The van der Waals surface area contributed by atoms with E-state index in [-0.39, 0.29) is 11.7 Å². The van der Waals surface area contributed by atoms with Crippen molar-refractivity contribution >= 4 is 11.7 Å². The van der Waals surface area contributed by atoms with Gasteiger partial charge in [0.05, 0.1) is 5.56 Å². The van der Waals surface area contributed by atoms with Crippen molar-refractivity contribution in [2.75, 3.05) is 11.9 Å². The van der Waals surface area contributed by atoms with Gasteiger partial charge in [-0.05, 0) is 44.5 Å². The number of carbonyl (C=O) groups is 1. The fourth-order valence-corrected chi connectivity index (χ4v) is 1.66. The molecule has 1 aromatic carbocycles. The minimum absolute atomic E-state index is 0.0932. The average Bonchev–Trinajstić information content (AvgIpc) is 2.35. The van der Waals surface area contributed by atoms with E-state index < -0.39 is 17.8 Å². The van der Waals surface area contributed by atoms with Crippen molar-refractivity contribution in [3.05, 3.63) is 29.8 Å². The average molecular weight is 289 g/mol. The Morgan fingerprint density at radius 3 is 2.70 bits per heavy atom. The van der Waals surface area contributed by atoms with E-state index >= 15 is 0 Å². The molecule has 0 aliphatic rings. The maximum absolute atomic E-state index is 12.5. The molecule has 7 heteroatoms. The molecule has 2 amide bonds. The summed E-state index contributed by atoms with van der Waals surface area (Å²) in [6.07, 6.45) is -2.94. The lowest BCUT2D eigenvalue weighted by molar-refractivity contribution is -0.137. The first-order chi connectivity index (χ1) is 9.32. The lowest BCUT2D eigenvalue weighted by atomic mass is 10.2. The van der Waals surface area contributed by atoms with Gasteiger partial charge in [-0.15, -0.1) is 0 Å². The third-order valence-electron chi connectivity index (χ3n) is 2.67. The van der Waals surface area contributed by atoms with Gasteiger partial charge in [-0.1, -0.05) is 6.07 Å². The van der Waals surface area contributed by atoms with Crippen LogP contribution in [0, 0.1) is 0 Å². The van der Waals surface area contributed by atoms with Crippen molar-refractivity contribution in [2.24, 2.45) is 5.73 Å². The lowest BCUT2D eigenvalue weighted by Crippen LogP contribution is -2.36. The summed E-state index contributed by atoms with van der Waals surface area (Å²) in [6, 6.07) is 3.87. The molecule has 20 heavy (non-hydrogen) atoms. The van der Waals surface area contributed by atoms with E-state index in [0.717, 1.165) is 18.6 Å². The number of hydrogen-bond acceptors (Lipinski definition) is 2. The van der Waals surface area contributed by atoms with E-state index in [0.29, 0.717) is 13.0 Å². The zero-order valence-corrected chi connectivity index (χ0v) is 11.1. The first kappa shape index (κ1) is 16.3. The highest BCUT2D eigenvalue weighted by molar-refractivity contribution is 5.89. The Balaban J connectivity index is 2.58. The first-order valence-electron chi connectivity index (χ1n) is 6.27. The number of nitrogens with two attached hydrogens (primary N) is 1. The van der Waals surface area contributed by atoms with Gasteiger partial charge < -0.3 is 16.4 Å². The molecule has 4 nitrogen and oxygen atoms in total. The molecule has 0 spiro atoms. The molecule has 0 heterocycles. The molecule has 0 saturated heterocycles. The number of carbonyl (C=O) groups excluding carboxylic acids is 1. The van der Waals surface area contributed by atoms with Crippen LogP contribution in [0.15, 0.2) is 24.3 Å². The highest BCUT2D eigenvalue weighted by Gasteiger charge is 2.30. The monoisotopic (exact) mass is 289 g/mol. The fourth-order valence-electron chi connectivity index (χ4n) is 1.66. The molecule has 1 rings (SSSR count). The molecule has 0 radical (unpaired) electrons. The van der Waals surface area contributed by atoms with Crippen molar-refractivity contribution in [2.45, 2.75) is 32.0 Å². The Bertz CT molecular complexity index is 449. The zero-order valence-electron chi connectivity index (χ0n) is 11.1. The van der Waals surface area contributed by atoms with E-state index in [1.807, 2.05) is 0 Å². The Morgan fingerprint density at radius 1 is 1.40 bits per heavy atom. The van der Waals surface area contributed by atoms with Gasteiger partial charge >= 0.3 is 12.2 Å². The number of hydrogen-bond donors (Lipinski definition) is 3. The molecule has 0 aliphatic carbocycles. The molecule has 0 fully saturated rings. The highest BCUT2D eigenvalue weighted by Crippen LogP contribution is 2.30. The van der Waals surface area contributed by atoms with Crippen molar-refractivity contribution in [3.63, 3.8) is 0 Å². The number of alkyl halides is 3. The number of halogens is 3. The minimum Gasteiger partial charge on any atom is -0.335 e. The van der Waals surface area contributed by atoms with Crippen LogP contribution in [0.4, 0.5) is 23.7 Å². The number of benzene rings is 1. The van der Waals surface area contributed by atoms with Crippen LogP contribution in [0.2, 0.25) is 0 Å². The van der Waals surface area contributed by atoms with Crippen LogP contribution >= 0.6 is 0 Å². The van der Waals surface area contributed by atoms with Crippen molar-refractivity contribution in [3.8, 4) is 0 Å². The number of amides is 2. The van der Waals surface area contributed by atoms with Gasteiger partial charge in [-0.25, -0.2) is 4.79 Å². The summed E-state index contributed by atoms with van der Waals surface area (Å²) in [5, 5.41) is 5.01. The van der Waals surface area contributed by atoms with Crippen molar-refractivity contribution in [1.82, 2.24) is 5.32 Å². The first-order valence-corrected chi connectivity index (χ1v) is 6.27. The Morgan fingerprint density at radius 2 is 2.10 bits per heavy atom. The molecule has 0 saturated carbocycles. The summed E-state index contributed by atoms with van der Waals surface area (Å²) < 4.78 is 37.5. The van der Waals surface area contributed by atoms with E-state index in [2.05, 4.69) is 10.6 Å². The quantitative estimate of drug-likeness (QED) is 0.780. The van der Waals surface area contributed by atoms with Crippen LogP contribution in [0.25, 0.3) is 0 Å². The van der Waals surface area contributed by atoms with E-state index in [1.165, 1.54) is 12.1 Å². The van der Waals surface area contributed by atoms with E-state index in [1.54, 1.807) is 6.92 Å². The molecule has 4 N–H and O–H groups in total. The van der Waals surface area contributed by atoms with Crippen molar-refractivity contribution in [1.29, 1.82) is 0 Å². The predicted molar refractivity (Wildman–Crippen MR) is 71.3 cm³/mol.